The third-order valence-electron chi connectivity index (χ3n) is 2.25. The average Bonchev–Trinajstić information content (AvgIpc) is 2.67. The number of hydrogen-bond donors (Lipinski definition) is 1. The van der Waals surface area contributed by atoms with Crippen LogP contribution in [-0.4, -0.2) is 27.1 Å². The Kier molecular flexibility index (Phi) is 3.09. The summed E-state index contributed by atoms with van der Waals surface area (Å²) >= 11 is 0. The van der Waals surface area contributed by atoms with Crippen molar-refractivity contribution in [2.45, 2.75) is 6.92 Å². The molecule has 2 aromatic rings. The van der Waals surface area contributed by atoms with Gasteiger partial charge < -0.3 is 9.84 Å². The molecule has 0 aliphatic carbocycles. The zero-order valence-corrected chi connectivity index (χ0v) is 9.33. The van der Waals surface area contributed by atoms with Gasteiger partial charge in [-0.15, -0.1) is 0 Å². The van der Waals surface area contributed by atoms with Gasteiger partial charge in [-0.05, 0) is 19.1 Å². The number of rotatable bonds is 4. The Morgan fingerprint density at radius 1 is 1.59 bits per heavy atom. The van der Waals surface area contributed by atoms with Crippen molar-refractivity contribution in [2.75, 3.05) is 6.61 Å². The summed E-state index contributed by atoms with van der Waals surface area (Å²) < 4.78 is 6.82. The number of allylic oxidation sites excluding steroid dienone is 1. The highest BCUT2D eigenvalue weighted by Crippen LogP contribution is 2.19. The Labute approximate surface area is 98.0 Å². The van der Waals surface area contributed by atoms with Crippen molar-refractivity contribution >= 4 is 11.6 Å². The molecule has 0 saturated carbocycles. The molecule has 0 saturated heterocycles. The minimum Gasteiger partial charge on any atom is -0.476 e. The molecule has 0 spiro atoms. The Morgan fingerprint density at radius 2 is 2.41 bits per heavy atom. The largest absolute Gasteiger partial charge is 0.476 e. The van der Waals surface area contributed by atoms with Gasteiger partial charge in [-0.2, -0.15) is 4.98 Å². The maximum Gasteiger partial charge on any atom is 0.358 e. The lowest BCUT2D eigenvalue weighted by Crippen LogP contribution is -2.05. The van der Waals surface area contributed by atoms with Crippen molar-refractivity contribution in [3.63, 3.8) is 0 Å². The van der Waals surface area contributed by atoms with Gasteiger partial charge in [0.25, 0.3) is 0 Å². The third kappa shape index (κ3) is 2.13. The molecule has 0 radical (unpaired) electrons. The number of imidazole rings is 1. The highest BCUT2D eigenvalue weighted by Gasteiger charge is 2.19. The normalized spacial score (nSPS) is 11.1. The first-order chi connectivity index (χ1) is 8.24. The van der Waals surface area contributed by atoms with Crippen LogP contribution in [0.4, 0.5) is 0 Å². The predicted octanol–water partition coefficient (Wildman–Crippen LogP) is 1.99. The van der Waals surface area contributed by atoms with E-state index in [1.165, 1.54) is 4.40 Å². The summed E-state index contributed by atoms with van der Waals surface area (Å²) in [6.45, 7) is 2.17. The van der Waals surface area contributed by atoms with E-state index in [4.69, 9.17) is 9.84 Å². The first kappa shape index (κ1) is 11.2. The smallest absolute Gasteiger partial charge is 0.358 e. The Bertz CT molecular complexity index is 572. The van der Waals surface area contributed by atoms with Gasteiger partial charge in [0, 0.05) is 6.20 Å². The summed E-state index contributed by atoms with van der Waals surface area (Å²) in [5.41, 5.74) is 0.602. The summed E-state index contributed by atoms with van der Waals surface area (Å²) in [6.07, 6.45) is 5.26. The lowest BCUT2D eigenvalue weighted by Gasteiger charge is -2.00. The molecule has 0 bridgehead atoms. The zero-order valence-electron chi connectivity index (χ0n) is 9.33. The molecule has 0 unspecified atom stereocenters. The van der Waals surface area contributed by atoms with Gasteiger partial charge >= 0.3 is 5.97 Å². The highest BCUT2D eigenvalue weighted by atomic mass is 16.5. The summed E-state index contributed by atoms with van der Waals surface area (Å²) in [5, 5.41) is 9.15. The molecule has 17 heavy (non-hydrogen) atoms. The number of aromatic nitrogens is 2. The fourth-order valence-corrected chi connectivity index (χ4v) is 1.49. The summed E-state index contributed by atoms with van der Waals surface area (Å²) in [5.74, 6) is -0.916. The molecule has 2 heterocycles. The first-order valence-electron chi connectivity index (χ1n) is 5.18. The van der Waals surface area contributed by atoms with Crippen LogP contribution in [0.2, 0.25) is 0 Å². The molecule has 0 aliphatic rings. The van der Waals surface area contributed by atoms with E-state index < -0.39 is 5.97 Å². The lowest BCUT2D eigenvalue weighted by atomic mass is 10.4. The van der Waals surface area contributed by atoms with E-state index in [0.717, 1.165) is 0 Å². The molecular formula is C12H12N2O3. The molecule has 0 amide bonds. The van der Waals surface area contributed by atoms with E-state index in [2.05, 4.69) is 4.98 Å². The number of aromatic carboxylic acids is 1. The number of nitrogens with zero attached hydrogens (tertiary/aromatic N) is 2. The fourth-order valence-electron chi connectivity index (χ4n) is 1.49. The molecule has 0 fully saturated rings. The molecule has 0 aromatic carbocycles. The van der Waals surface area contributed by atoms with Crippen molar-refractivity contribution in [3.8, 4) is 5.88 Å². The average molecular weight is 232 g/mol. The second-order valence-corrected chi connectivity index (χ2v) is 3.38. The summed E-state index contributed by atoms with van der Waals surface area (Å²) in [6, 6.07) is 5.27. The van der Waals surface area contributed by atoms with Crippen LogP contribution in [0.15, 0.2) is 36.5 Å². The molecule has 88 valence electrons. The fraction of sp³-hybridized carbons (Fsp3) is 0.167. The number of pyridine rings is 1. The number of carboxylic acids is 1. The minimum absolute atomic E-state index is 0.0464. The quantitative estimate of drug-likeness (QED) is 0.819. The molecule has 0 aliphatic heterocycles. The van der Waals surface area contributed by atoms with E-state index in [1.807, 2.05) is 13.0 Å². The summed E-state index contributed by atoms with van der Waals surface area (Å²) in [7, 11) is 0. The minimum atomic E-state index is -1.06. The van der Waals surface area contributed by atoms with Crippen LogP contribution in [0.3, 0.4) is 0 Å². The van der Waals surface area contributed by atoms with E-state index >= 15 is 0 Å². The van der Waals surface area contributed by atoms with Gasteiger partial charge in [-0.25, -0.2) is 4.79 Å². The van der Waals surface area contributed by atoms with Gasteiger partial charge in [0.2, 0.25) is 5.88 Å². The van der Waals surface area contributed by atoms with Crippen molar-refractivity contribution < 1.29 is 14.6 Å². The second kappa shape index (κ2) is 4.69. The van der Waals surface area contributed by atoms with Gasteiger partial charge in [0.1, 0.15) is 12.3 Å². The van der Waals surface area contributed by atoms with E-state index in [-0.39, 0.29) is 11.6 Å². The topological polar surface area (TPSA) is 63.8 Å². The van der Waals surface area contributed by atoms with Crippen LogP contribution in [0.5, 0.6) is 5.88 Å². The van der Waals surface area contributed by atoms with Crippen LogP contribution < -0.4 is 4.74 Å². The van der Waals surface area contributed by atoms with Crippen LogP contribution in [-0.2, 0) is 0 Å². The van der Waals surface area contributed by atoms with E-state index in [9.17, 15) is 4.79 Å². The molecule has 2 rings (SSSR count). The Balaban J connectivity index is 2.46. The van der Waals surface area contributed by atoms with Gasteiger partial charge in [0.15, 0.2) is 5.69 Å². The van der Waals surface area contributed by atoms with E-state index in [0.29, 0.717) is 12.3 Å². The summed E-state index contributed by atoms with van der Waals surface area (Å²) in [4.78, 5) is 15.3. The molecular weight excluding hydrogens is 220 g/mol. The van der Waals surface area contributed by atoms with Crippen molar-refractivity contribution in [2.24, 2.45) is 0 Å². The standard InChI is InChI=1S/C12H12N2O3/c1-2-3-8-17-11-10(12(15)16)14-7-5-4-6-9(14)13-11/h2-7H,8H2,1H3,(H,15,16). The van der Waals surface area contributed by atoms with Crippen molar-refractivity contribution in [3.05, 3.63) is 42.2 Å². The third-order valence-corrected chi connectivity index (χ3v) is 2.25. The number of carboxylic acid groups (broad SMARTS) is 1. The van der Waals surface area contributed by atoms with Crippen molar-refractivity contribution in [1.29, 1.82) is 0 Å². The molecule has 0 atom stereocenters. The van der Waals surface area contributed by atoms with Gasteiger partial charge in [-0.3, -0.25) is 4.40 Å². The second-order valence-electron chi connectivity index (χ2n) is 3.38. The molecule has 5 nitrogen and oxygen atoms in total. The highest BCUT2D eigenvalue weighted by molar-refractivity contribution is 5.89. The maximum absolute atomic E-state index is 11.2. The first-order valence-corrected chi connectivity index (χ1v) is 5.18. The Morgan fingerprint density at radius 3 is 3.12 bits per heavy atom. The van der Waals surface area contributed by atoms with Gasteiger partial charge in [-0.1, -0.05) is 18.2 Å². The number of fused-ring (bicyclic) bond motifs is 1. The maximum atomic E-state index is 11.2. The molecule has 5 heteroatoms. The lowest BCUT2D eigenvalue weighted by molar-refractivity contribution is 0.0684. The molecule has 1 N–H and O–H groups in total. The van der Waals surface area contributed by atoms with Gasteiger partial charge in [0.05, 0.1) is 0 Å². The van der Waals surface area contributed by atoms with Crippen LogP contribution >= 0.6 is 0 Å². The Hall–Kier alpha value is -2.30. The van der Waals surface area contributed by atoms with Crippen LogP contribution in [0.1, 0.15) is 17.4 Å². The predicted molar refractivity (Wildman–Crippen MR) is 62.5 cm³/mol. The van der Waals surface area contributed by atoms with Crippen LogP contribution in [0.25, 0.3) is 5.65 Å². The number of carbonyl (C=O) groups is 1. The van der Waals surface area contributed by atoms with E-state index in [1.54, 1.807) is 30.5 Å². The SMILES string of the molecule is CC=CCOc1nc2ccccn2c1C(=O)O. The monoisotopic (exact) mass is 232 g/mol. The van der Waals surface area contributed by atoms with Crippen molar-refractivity contribution in [1.82, 2.24) is 9.38 Å². The number of hydrogen-bond acceptors (Lipinski definition) is 3. The molecule has 2 aromatic heterocycles. The zero-order chi connectivity index (χ0) is 12.3. The number of ether oxygens (including phenoxy) is 1. The van der Waals surface area contributed by atoms with Crippen LogP contribution in [0, 0.1) is 0 Å².